The Hall–Kier alpha value is -5.67. The molecule has 0 fully saturated rings. The monoisotopic (exact) mass is 732 g/mol. The number of primary amides is 3. The number of carbonyl (C=O) groups excluding carboxylic acids is 6. The number of aromatic carboxylic acids is 3. The molecule has 0 bridgehead atoms. The molecule has 288 valence electrons. The first-order valence-electron chi connectivity index (χ1n) is 14.6. The quantitative estimate of drug-likeness (QED) is 0.0680. The Kier molecular flexibility index (Phi) is 24.7. The molecule has 0 aliphatic carbocycles. The van der Waals surface area contributed by atoms with Gasteiger partial charge in [-0.25, -0.2) is 14.4 Å². The summed E-state index contributed by atoms with van der Waals surface area (Å²) in [7, 11) is 3.74. The summed E-state index contributed by atoms with van der Waals surface area (Å²) >= 11 is 0. The number of carbonyl (C=O) groups is 9. The highest BCUT2D eigenvalue weighted by Gasteiger charge is 2.22. The molecule has 0 saturated carbocycles. The lowest BCUT2D eigenvalue weighted by Gasteiger charge is -2.11. The van der Waals surface area contributed by atoms with Crippen LogP contribution in [-0.4, -0.2) is 108 Å². The molecule has 21 heteroatoms. The molecule has 0 heterocycles. The summed E-state index contributed by atoms with van der Waals surface area (Å²) < 4.78 is 13.1. The molecular formula is C30H48N6O15. The number of carboxylic acids is 3. The predicted molar refractivity (Wildman–Crippen MR) is 176 cm³/mol. The lowest BCUT2D eigenvalue weighted by Crippen LogP contribution is -2.36. The molecule has 0 saturated heterocycles. The van der Waals surface area contributed by atoms with Crippen molar-refractivity contribution in [1.29, 1.82) is 0 Å². The van der Waals surface area contributed by atoms with Crippen molar-refractivity contribution in [3.05, 3.63) is 34.9 Å². The van der Waals surface area contributed by atoms with E-state index >= 15 is 0 Å². The first-order valence-corrected chi connectivity index (χ1v) is 14.6. The number of rotatable bonds is 15. The first kappa shape index (κ1) is 49.7. The smallest absolute Gasteiger partial charge is 0.335 e. The molecule has 1 aromatic carbocycles. The third-order valence-electron chi connectivity index (χ3n) is 6.47. The number of hydrogen-bond acceptors (Lipinski definition) is 15. The zero-order chi connectivity index (χ0) is 40.8. The van der Waals surface area contributed by atoms with Crippen molar-refractivity contribution in [1.82, 2.24) is 0 Å². The van der Waals surface area contributed by atoms with Crippen LogP contribution in [0.25, 0.3) is 0 Å². The molecule has 0 aromatic heterocycles. The van der Waals surface area contributed by atoms with Gasteiger partial charge < -0.3 is 63.9 Å². The zero-order valence-electron chi connectivity index (χ0n) is 29.0. The van der Waals surface area contributed by atoms with E-state index in [1.165, 1.54) is 21.3 Å². The Morgan fingerprint density at radius 1 is 0.490 bits per heavy atom. The Morgan fingerprint density at radius 3 is 0.784 bits per heavy atom. The van der Waals surface area contributed by atoms with Gasteiger partial charge in [0, 0.05) is 17.8 Å². The second-order valence-electron chi connectivity index (χ2n) is 10.7. The van der Waals surface area contributed by atoms with Gasteiger partial charge in [0.2, 0.25) is 17.7 Å². The Labute approximate surface area is 292 Å². The van der Waals surface area contributed by atoms with E-state index in [0.29, 0.717) is 0 Å². The van der Waals surface area contributed by atoms with Crippen LogP contribution in [-0.2, 0) is 43.0 Å². The van der Waals surface area contributed by atoms with Crippen LogP contribution < -0.4 is 34.4 Å². The van der Waals surface area contributed by atoms with Gasteiger partial charge in [-0.1, -0.05) is 20.8 Å². The fourth-order valence-corrected chi connectivity index (χ4v) is 3.23. The Balaban J connectivity index is -0.000000606. The lowest BCUT2D eigenvalue weighted by molar-refractivity contribution is -0.143. The SMILES string of the molecule is COC(=O)[C@@H](N)CC(C)C(N)=O.COC(=O)[C@@H](N)CC(C)C(N)=O.COC(=O)[C@@H](N)CC(C)C(N)=O.O=C(O)c1cc(C(=O)O)cc(C(=O)O)c1. The van der Waals surface area contributed by atoms with Gasteiger partial charge in [0.05, 0.1) is 38.0 Å². The maximum absolute atomic E-state index is 10.8. The molecule has 0 aliphatic rings. The molecule has 3 unspecified atom stereocenters. The van der Waals surface area contributed by atoms with Gasteiger partial charge in [-0.15, -0.1) is 0 Å². The third-order valence-corrected chi connectivity index (χ3v) is 6.47. The second-order valence-corrected chi connectivity index (χ2v) is 10.7. The highest BCUT2D eigenvalue weighted by atomic mass is 16.5. The minimum atomic E-state index is -1.37. The summed E-state index contributed by atoms with van der Waals surface area (Å²) in [6.07, 6.45) is 0.673. The Morgan fingerprint density at radius 2 is 0.667 bits per heavy atom. The molecule has 1 aromatic rings. The molecule has 0 spiro atoms. The first-order chi connectivity index (χ1) is 23.4. The van der Waals surface area contributed by atoms with E-state index in [-0.39, 0.29) is 36.0 Å². The van der Waals surface area contributed by atoms with Gasteiger partial charge in [0.25, 0.3) is 0 Å². The number of carboxylic acid groups (broad SMARTS) is 3. The van der Waals surface area contributed by atoms with Crippen LogP contribution >= 0.6 is 0 Å². The summed E-state index contributed by atoms with van der Waals surface area (Å²) in [5.74, 6) is -8.30. The van der Waals surface area contributed by atoms with Crippen molar-refractivity contribution in [2.75, 3.05) is 21.3 Å². The molecule has 15 N–H and O–H groups in total. The normalized spacial score (nSPS) is 13.4. The molecule has 1 rings (SSSR count). The summed E-state index contributed by atoms with van der Waals surface area (Å²) in [6.45, 7) is 4.85. The minimum Gasteiger partial charge on any atom is -0.478 e. The number of esters is 3. The predicted octanol–water partition coefficient (Wildman–Crippen LogP) is -2.22. The molecule has 51 heavy (non-hydrogen) atoms. The van der Waals surface area contributed by atoms with Crippen LogP contribution in [0.2, 0.25) is 0 Å². The van der Waals surface area contributed by atoms with Crippen molar-refractivity contribution in [2.24, 2.45) is 52.2 Å². The minimum absolute atomic E-state index is 0.224. The summed E-state index contributed by atoms with van der Waals surface area (Å²) in [5.41, 5.74) is 30.0. The van der Waals surface area contributed by atoms with Crippen LogP contribution in [0.3, 0.4) is 0 Å². The maximum atomic E-state index is 10.8. The molecule has 6 atom stereocenters. The van der Waals surface area contributed by atoms with Gasteiger partial charge in [0.1, 0.15) is 18.1 Å². The highest BCUT2D eigenvalue weighted by molar-refractivity contribution is 5.99. The third kappa shape index (κ3) is 21.8. The van der Waals surface area contributed by atoms with Crippen molar-refractivity contribution < 1.29 is 72.7 Å². The summed E-state index contributed by atoms with van der Waals surface area (Å²) in [6, 6.07) is 0.401. The van der Waals surface area contributed by atoms with Crippen molar-refractivity contribution in [3.63, 3.8) is 0 Å². The molecular weight excluding hydrogens is 684 g/mol. The molecule has 0 aliphatic heterocycles. The highest BCUT2D eigenvalue weighted by Crippen LogP contribution is 2.11. The van der Waals surface area contributed by atoms with Gasteiger partial charge in [-0.3, -0.25) is 28.8 Å². The van der Waals surface area contributed by atoms with E-state index in [0.717, 1.165) is 18.2 Å². The van der Waals surface area contributed by atoms with Gasteiger partial charge in [-0.05, 0) is 37.5 Å². The average Bonchev–Trinajstić information content (AvgIpc) is 3.06. The standard InChI is InChI=1S/C9H6O6.3C7H14N2O3/c10-7(11)4-1-5(8(12)13)3-6(2-4)9(14)15;3*1-4(6(9)10)3-5(8)7(11)12-2/h1-3H,(H,10,11)(H,12,13)(H,14,15);3*4-5H,3,8H2,1-2H3,(H2,9,10)/t;3*4?,5-/m.000/s1. The van der Waals surface area contributed by atoms with Crippen LogP contribution in [0.15, 0.2) is 18.2 Å². The number of hydrogen-bond donors (Lipinski definition) is 9. The number of benzene rings is 1. The van der Waals surface area contributed by atoms with Crippen LogP contribution in [0.5, 0.6) is 0 Å². The van der Waals surface area contributed by atoms with E-state index in [4.69, 9.17) is 49.7 Å². The average molecular weight is 733 g/mol. The number of ether oxygens (including phenoxy) is 3. The lowest BCUT2D eigenvalue weighted by atomic mass is 10.0. The van der Waals surface area contributed by atoms with E-state index in [2.05, 4.69) is 14.2 Å². The van der Waals surface area contributed by atoms with E-state index in [1.807, 2.05) is 0 Å². The van der Waals surface area contributed by atoms with Crippen molar-refractivity contribution >= 4 is 53.5 Å². The van der Waals surface area contributed by atoms with Crippen LogP contribution in [0.4, 0.5) is 0 Å². The van der Waals surface area contributed by atoms with E-state index in [1.54, 1.807) is 20.8 Å². The van der Waals surface area contributed by atoms with Crippen molar-refractivity contribution in [3.8, 4) is 0 Å². The maximum Gasteiger partial charge on any atom is 0.335 e. The van der Waals surface area contributed by atoms with Crippen molar-refractivity contribution in [2.45, 2.75) is 58.2 Å². The second kappa shape index (κ2) is 25.3. The van der Waals surface area contributed by atoms with E-state index in [9.17, 15) is 43.2 Å². The van der Waals surface area contributed by atoms with Gasteiger partial charge >= 0.3 is 35.8 Å². The number of methoxy groups -OCH3 is 3. The number of nitrogens with two attached hydrogens (primary N) is 6. The van der Waals surface area contributed by atoms with E-state index < -0.39 is 89.4 Å². The van der Waals surface area contributed by atoms with Gasteiger partial charge in [-0.2, -0.15) is 0 Å². The fraction of sp³-hybridized carbons (Fsp3) is 0.500. The fourth-order valence-electron chi connectivity index (χ4n) is 3.23. The number of amides is 3. The van der Waals surface area contributed by atoms with Crippen LogP contribution in [0.1, 0.15) is 71.1 Å². The summed E-state index contributed by atoms with van der Waals surface area (Å²) in [4.78, 5) is 95.7. The zero-order valence-corrected chi connectivity index (χ0v) is 29.0. The topological polar surface area (TPSA) is 398 Å². The molecule has 0 radical (unpaired) electrons. The molecule has 3 amide bonds. The molecule has 21 nitrogen and oxygen atoms in total. The Bertz CT molecular complexity index is 1210. The largest absolute Gasteiger partial charge is 0.478 e. The summed E-state index contributed by atoms with van der Waals surface area (Å²) in [5, 5.41) is 25.8. The van der Waals surface area contributed by atoms with Gasteiger partial charge in [0.15, 0.2) is 0 Å². The van der Waals surface area contributed by atoms with Crippen LogP contribution in [0, 0.1) is 17.8 Å².